The van der Waals surface area contributed by atoms with E-state index in [4.69, 9.17) is 0 Å². The molecule has 0 unspecified atom stereocenters. The topological polar surface area (TPSA) is 20.3 Å². The number of amides is 1. The predicted molar refractivity (Wildman–Crippen MR) is 105 cm³/mol. The van der Waals surface area contributed by atoms with Gasteiger partial charge in [0, 0.05) is 0 Å². The van der Waals surface area contributed by atoms with Gasteiger partial charge in [-0.05, 0) is 0 Å². The number of carbonyl (C=O) groups excluding carboxylic acids is 1. The van der Waals surface area contributed by atoms with E-state index in [1.165, 1.54) is 16.4 Å². The first-order valence-corrected chi connectivity index (χ1v) is 11.1. The molecule has 3 heteroatoms. The second-order valence-corrected chi connectivity index (χ2v) is 8.56. The monoisotopic (exact) mass is 399 g/mol. The maximum absolute atomic E-state index is 13.0. The van der Waals surface area contributed by atoms with Crippen molar-refractivity contribution in [3.63, 3.8) is 0 Å². The van der Waals surface area contributed by atoms with E-state index >= 15 is 0 Å². The van der Waals surface area contributed by atoms with Gasteiger partial charge >= 0.3 is 157 Å². The molecule has 0 bridgehead atoms. The number of nitrogens with zero attached hydrogens (tertiary/aromatic N) is 1. The first-order valence-electron chi connectivity index (χ1n) is 9.03. The van der Waals surface area contributed by atoms with Crippen LogP contribution < -0.4 is 4.46 Å². The van der Waals surface area contributed by atoms with Gasteiger partial charge in [-0.15, -0.1) is 0 Å². The fourth-order valence-electron chi connectivity index (χ4n) is 3.04. The van der Waals surface area contributed by atoms with Crippen molar-refractivity contribution in [2.45, 2.75) is 31.0 Å². The molecule has 0 fully saturated rings. The molecule has 1 amide bonds. The summed E-state index contributed by atoms with van der Waals surface area (Å²) >= 11 is 0.326. The Bertz CT molecular complexity index is 696. The molecule has 2 nitrogen and oxygen atoms in total. The van der Waals surface area contributed by atoms with E-state index in [9.17, 15) is 4.79 Å². The number of benzene rings is 2. The molecule has 0 saturated heterocycles. The maximum atomic E-state index is 13.0. The molecular weight excluding hydrogens is 373 g/mol. The third-order valence-corrected chi connectivity index (χ3v) is 6.71. The van der Waals surface area contributed by atoms with E-state index < -0.39 is 0 Å². The Labute approximate surface area is 157 Å². The third-order valence-electron chi connectivity index (χ3n) is 4.49. The van der Waals surface area contributed by atoms with Crippen molar-refractivity contribution in [1.29, 1.82) is 0 Å². The number of hydrogen-bond donors (Lipinski definition) is 0. The van der Waals surface area contributed by atoms with Crippen LogP contribution in [0.25, 0.3) is 0 Å². The van der Waals surface area contributed by atoms with Crippen LogP contribution in [-0.4, -0.2) is 38.9 Å². The molecule has 130 valence electrons. The summed E-state index contributed by atoms with van der Waals surface area (Å²) in [6.45, 7) is 1.71. The summed E-state index contributed by atoms with van der Waals surface area (Å²) in [5.41, 5.74) is 2.33. The zero-order valence-corrected chi connectivity index (χ0v) is 16.3. The van der Waals surface area contributed by atoms with Crippen LogP contribution in [0.2, 0.25) is 5.32 Å². The van der Waals surface area contributed by atoms with Crippen LogP contribution in [0.1, 0.15) is 24.8 Å². The summed E-state index contributed by atoms with van der Waals surface area (Å²) in [7, 11) is 0. The predicted octanol–water partition coefficient (Wildman–Crippen LogP) is 3.62. The van der Waals surface area contributed by atoms with Crippen molar-refractivity contribution in [3.05, 3.63) is 77.9 Å². The van der Waals surface area contributed by atoms with Crippen LogP contribution in [0.4, 0.5) is 0 Å². The number of carbonyl (C=O) groups is 1. The van der Waals surface area contributed by atoms with E-state index in [1.807, 2.05) is 12.1 Å². The molecule has 2 aromatic rings. The summed E-state index contributed by atoms with van der Waals surface area (Å²) < 4.78 is 1.36. The first kappa shape index (κ1) is 18.0. The summed E-state index contributed by atoms with van der Waals surface area (Å²) in [4.78, 5) is 15.1. The van der Waals surface area contributed by atoms with E-state index in [2.05, 4.69) is 59.5 Å². The van der Waals surface area contributed by atoms with Crippen LogP contribution in [0.15, 0.2) is 72.3 Å². The number of allylic oxidation sites excluding steroid dienone is 1. The van der Waals surface area contributed by atoms with E-state index in [-0.39, 0.29) is 5.91 Å². The molecule has 0 aliphatic carbocycles. The van der Waals surface area contributed by atoms with E-state index in [0.29, 0.717) is 15.0 Å². The van der Waals surface area contributed by atoms with Gasteiger partial charge in [-0.25, -0.2) is 0 Å². The molecule has 1 aliphatic heterocycles. The van der Waals surface area contributed by atoms with Crippen LogP contribution in [-0.2, 0) is 11.2 Å². The molecule has 3 rings (SSSR count). The molecule has 0 aromatic heterocycles. The average Bonchev–Trinajstić information content (AvgIpc) is 2.66. The molecule has 1 heterocycles. The van der Waals surface area contributed by atoms with Crippen LogP contribution in [0, 0.1) is 0 Å². The van der Waals surface area contributed by atoms with Gasteiger partial charge in [0.05, 0.1) is 0 Å². The standard InChI is InChI=1S/C22H25NOSe/c24-22-20(18-25-21-13-7-2-8-14-21)12-6-3-9-16-23(22)17-15-19-10-4-1-5-11-19/h1-2,4-5,7-8,10-14H,3,6,9,15-18H2/b20-12-. The number of hydrogen-bond acceptors (Lipinski definition) is 1. The van der Waals surface area contributed by atoms with Gasteiger partial charge in [0.1, 0.15) is 0 Å². The SMILES string of the molecule is O=C1/C(C[Se]c2ccccc2)=C\CCCCN1CCc1ccccc1. The minimum absolute atomic E-state index is 0.258. The molecule has 0 N–H and O–H groups in total. The van der Waals surface area contributed by atoms with Crippen LogP contribution in [0.3, 0.4) is 0 Å². The van der Waals surface area contributed by atoms with Crippen molar-refractivity contribution in [2.24, 2.45) is 0 Å². The van der Waals surface area contributed by atoms with Gasteiger partial charge < -0.3 is 0 Å². The normalized spacial score (nSPS) is 17.5. The summed E-state index contributed by atoms with van der Waals surface area (Å²) in [6.07, 6.45) is 6.45. The van der Waals surface area contributed by atoms with Crippen LogP contribution in [0.5, 0.6) is 0 Å². The average molecular weight is 398 g/mol. The first-order chi connectivity index (χ1) is 12.3. The van der Waals surface area contributed by atoms with Crippen molar-refractivity contribution in [3.8, 4) is 0 Å². The molecule has 25 heavy (non-hydrogen) atoms. The van der Waals surface area contributed by atoms with Gasteiger partial charge in [0.2, 0.25) is 0 Å². The molecule has 0 atom stereocenters. The molecule has 0 spiro atoms. The van der Waals surface area contributed by atoms with Crippen molar-refractivity contribution >= 4 is 25.3 Å². The van der Waals surface area contributed by atoms with Gasteiger partial charge in [0.15, 0.2) is 0 Å². The van der Waals surface area contributed by atoms with Crippen molar-refractivity contribution < 1.29 is 4.79 Å². The third kappa shape index (κ3) is 5.59. The van der Waals surface area contributed by atoms with E-state index in [1.54, 1.807) is 0 Å². The Morgan fingerprint density at radius 1 is 0.920 bits per heavy atom. The van der Waals surface area contributed by atoms with Gasteiger partial charge in [-0.3, -0.25) is 0 Å². The minimum atomic E-state index is 0.258. The van der Waals surface area contributed by atoms with E-state index in [0.717, 1.165) is 43.2 Å². The molecule has 2 aromatic carbocycles. The summed E-state index contributed by atoms with van der Waals surface area (Å²) in [6, 6.07) is 21.0. The van der Waals surface area contributed by atoms with Gasteiger partial charge in [-0.1, -0.05) is 0 Å². The number of rotatable bonds is 6. The van der Waals surface area contributed by atoms with Crippen LogP contribution >= 0.6 is 0 Å². The second kappa shape index (κ2) is 9.60. The van der Waals surface area contributed by atoms with Crippen molar-refractivity contribution in [2.75, 3.05) is 13.1 Å². The van der Waals surface area contributed by atoms with Gasteiger partial charge in [-0.2, -0.15) is 0 Å². The Kier molecular flexibility index (Phi) is 6.90. The second-order valence-electron chi connectivity index (χ2n) is 6.35. The molecular formula is C22H25NOSe. The summed E-state index contributed by atoms with van der Waals surface area (Å²) in [5.74, 6) is 0.258. The zero-order chi connectivity index (χ0) is 17.3. The quantitative estimate of drug-likeness (QED) is 0.681. The molecule has 1 aliphatic rings. The Hall–Kier alpha value is -1.83. The molecule has 0 radical (unpaired) electrons. The summed E-state index contributed by atoms with van der Waals surface area (Å²) in [5, 5.41) is 0.900. The molecule has 0 saturated carbocycles. The Morgan fingerprint density at radius 3 is 2.40 bits per heavy atom. The fraction of sp³-hybridized carbons (Fsp3) is 0.318. The van der Waals surface area contributed by atoms with Crippen molar-refractivity contribution in [1.82, 2.24) is 4.90 Å². The Morgan fingerprint density at radius 2 is 1.64 bits per heavy atom. The Balaban J connectivity index is 1.62. The zero-order valence-electron chi connectivity index (χ0n) is 14.6. The fourth-order valence-corrected chi connectivity index (χ4v) is 4.95. The van der Waals surface area contributed by atoms with Gasteiger partial charge in [0.25, 0.3) is 0 Å².